The zero-order chi connectivity index (χ0) is 12.6. The molecule has 2 N–H and O–H groups in total. The molecule has 100 valence electrons. The van der Waals surface area contributed by atoms with Crippen molar-refractivity contribution in [3.05, 3.63) is 22.4 Å². The Morgan fingerprint density at radius 1 is 1.56 bits per heavy atom. The SMILES string of the molecule is O=C(CCC1CCCNC1)NCCc1ccsc1. The fourth-order valence-corrected chi connectivity index (χ4v) is 3.08. The minimum atomic E-state index is 0.204. The van der Waals surface area contributed by atoms with Gasteiger partial charge in [-0.1, -0.05) is 0 Å². The molecule has 0 bridgehead atoms. The minimum Gasteiger partial charge on any atom is -0.356 e. The fourth-order valence-electron chi connectivity index (χ4n) is 2.38. The Balaban J connectivity index is 1.54. The fraction of sp³-hybridized carbons (Fsp3) is 0.643. The summed E-state index contributed by atoms with van der Waals surface area (Å²) in [4.78, 5) is 11.7. The first-order valence-corrected chi connectivity index (χ1v) is 7.77. The predicted molar refractivity (Wildman–Crippen MR) is 75.9 cm³/mol. The molecule has 0 aromatic carbocycles. The molecule has 1 amide bonds. The number of nitrogens with one attached hydrogen (secondary N) is 2. The van der Waals surface area contributed by atoms with Crippen molar-refractivity contribution in [2.45, 2.75) is 32.1 Å². The normalized spacial score (nSPS) is 19.7. The molecule has 2 heterocycles. The van der Waals surface area contributed by atoms with Gasteiger partial charge in [0.05, 0.1) is 0 Å². The lowest BCUT2D eigenvalue weighted by molar-refractivity contribution is -0.121. The Labute approximate surface area is 113 Å². The highest BCUT2D eigenvalue weighted by Crippen LogP contribution is 2.15. The van der Waals surface area contributed by atoms with Gasteiger partial charge in [-0.05, 0) is 67.1 Å². The van der Waals surface area contributed by atoms with Crippen molar-refractivity contribution in [2.75, 3.05) is 19.6 Å². The number of carbonyl (C=O) groups is 1. The van der Waals surface area contributed by atoms with E-state index in [0.717, 1.165) is 32.5 Å². The molecule has 1 atom stereocenters. The molecule has 1 aromatic heterocycles. The number of carbonyl (C=O) groups excluding carboxylic acids is 1. The first-order chi connectivity index (χ1) is 8.84. The second kappa shape index (κ2) is 7.54. The summed E-state index contributed by atoms with van der Waals surface area (Å²) in [5.74, 6) is 0.900. The monoisotopic (exact) mass is 266 g/mol. The number of thiophene rings is 1. The second-order valence-electron chi connectivity index (χ2n) is 4.98. The average Bonchev–Trinajstić information content (AvgIpc) is 2.91. The van der Waals surface area contributed by atoms with E-state index in [9.17, 15) is 4.79 Å². The maximum Gasteiger partial charge on any atom is 0.220 e. The van der Waals surface area contributed by atoms with Crippen molar-refractivity contribution in [3.8, 4) is 0 Å². The van der Waals surface area contributed by atoms with Crippen LogP contribution in [0.3, 0.4) is 0 Å². The van der Waals surface area contributed by atoms with Gasteiger partial charge in [-0.3, -0.25) is 4.79 Å². The molecule has 0 aliphatic carbocycles. The van der Waals surface area contributed by atoms with Gasteiger partial charge in [-0.15, -0.1) is 0 Å². The van der Waals surface area contributed by atoms with Crippen molar-refractivity contribution in [1.29, 1.82) is 0 Å². The van der Waals surface area contributed by atoms with Crippen molar-refractivity contribution in [2.24, 2.45) is 5.92 Å². The molecule has 2 rings (SSSR count). The highest BCUT2D eigenvalue weighted by Gasteiger charge is 2.14. The lowest BCUT2D eigenvalue weighted by Gasteiger charge is -2.22. The first kappa shape index (κ1) is 13.6. The highest BCUT2D eigenvalue weighted by molar-refractivity contribution is 7.07. The number of rotatable bonds is 6. The Morgan fingerprint density at radius 2 is 2.50 bits per heavy atom. The maximum atomic E-state index is 11.7. The molecule has 3 nitrogen and oxygen atoms in total. The second-order valence-corrected chi connectivity index (χ2v) is 5.76. The molecule has 4 heteroatoms. The Kier molecular flexibility index (Phi) is 5.68. The smallest absolute Gasteiger partial charge is 0.220 e. The van der Waals surface area contributed by atoms with E-state index in [1.165, 1.54) is 18.4 Å². The van der Waals surface area contributed by atoms with Crippen LogP contribution in [0.25, 0.3) is 0 Å². The van der Waals surface area contributed by atoms with Crippen LogP contribution in [0.15, 0.2) is 16.8 Å². The largest absolute Gasteiger partial charge is 0.356 e. The molecule has 0 saturated carbocycles. The Bertz CT molecular complexity index is 345. The molecular formula is C14H22N2OS. The van der Waals surface area contributed by atoms with Crippen molar-refractivity contribution < 1.29 is 4.79 Å². The van der Waals surface area contributed by atoms with E-state index in [4.69, 9.17) is 0 Å². The standard InChI is InChI=1S/C14H22N2OS/c17-14(4-3-12-2-1-7-15-10-12)16-8-5-13-6-9-18-11-13/h6,9,11-12,15H,1-5,7-8,10H2,(H,16,17). The topological polar surface area (TPSA) is 41.1 Å². The third kappa shape index (κ3) is 4.78. The summed E-state index contributed by atoms with van der Waals surface area (Å²) >= 11 is 1.71. The van der Waals surface area contributed by atoms with Crippen LogP contribution in [0.4, 0.5) is 0 Å². The molecule has 0 spiro atoms. The summed E-state index contributed by atoms with van der Waals surface area (Å²) in [5.41, 5.74) is 1.32. The molecular weight excluding hydrogens is 244 g/mol. The van der Waals surface area contributed by atoms with Crippen LogP contribution in [0.2, 0.25) is 0 Å². The molecule has 1 saturated heterocycles. The third-order valence-electron chi connectivity index (χ3n) is 3.49. The summed E-state index contributed by atoms with van der Waals surface area (Å²) in [5, 5.41) is 10.6. The van der Waals surface area contributed by atoms with Gasteiger partial charge < -0.3 is 10.6 Å². The van der Waals surface area contributed by atoms with Gasteiger partial charge >= 0.3 is 0 Å². The van der Waals surface area contributed by atoms with E-state index >= 15 is 0 Å². The molecule has 1 aliphatic heterocycles. The van der Waals surface area contributed by atoms with E-state index in [1.807, 2.05) is 0 Å². The number of hydrogen-bond acceptors (Lipinski definition) is 3. The van der Waals surface area contributed by atoms with E-state index in [-0.39, 0.29) is 5.91 Å². The lowest BCUT2D eigenvalue weighted by atomic mass is 9.94. The van der Waals surface area contributed by atoms with Crippen LogP contribution < -0.4 is 10.6 Å². The maximum absolute atomic E-state index is 11.7. The molecule has 1 aromatic rings. The van der Waals surface area contributed by atoms with Gasteiger partial charge in [0.25, 0.3) is 0 Å². The molecule has 1 aliphatic rings. The average molecular weight is 266 g/mol. The van der Waals surface area contributed by atoms with Crippen LogP contribution in [0.1, 0.15) is 31.2 Å². The molecule has 1 unspecified atom stereocenters. The van der Waals surface area contributed by atoms with Gasteiger partial charge in [0.15, 0.2) is 0 Å². The first-order valence-electron chi connectivity index (χ1n) is 6.83. The van der Waals surface area contributed by atoms with Crippen LogP contribution in [0, 0.1) is 5.92 Å². The quantitative estimate of drug-likeness (QED) is 0.828. The molecule has 1 fully saturated rings. The van der Waals surface area contributed by atoms with E-state index < -0.39 is 0 Å². The third-order valence-corrected chi connectivity index (χ3v) is 4.23. The van der Waals surface area contributed by atoms with Crippen molar-refractivity contribution in [1.82, 2.24) is 10.6 Å². The number of piperidine rings is 1. The van der Waals surface area contributed by atoms with Crippen LogP contribution in [0.5, 0.6) is 0 Å². The van der Waals surface area contributed by atoms with E-state index in [0.29, 0.717) is 12.3 Å². The van der Waals surface area contributed by atoms with E-state index in [1.54, 1.807) is 11.3 Å². The number of hydrogen-bond donors (Lipinski definition) is 2. The zero-order valence-electron chi connectivity index (χ0n) is 10.8. The predicted octanol–water partition coefficient (Wildman–Crippen LogP) is 2.19. The van der Waals surface area contributed by atoms with Crippen molar-refractivity contribution in [3.63, 3.8) is 0 Å². The van der Waals surface area contributed by atoms with Gasteiger partial charge in [0.1, 0.15) is 0 Å². The lowest BCUT2D eigenvalue weighted by Crippen LogP contribution is -2.31. The number of amides is 1. The summed E-state index contributed by atoms with van der Waals surface area (Å²) in [7, 11) is 0. The highest BCUT2D eigenvalue weighted by atomic mass is 32.1. The van der Waals surface area contributed by atoms with Gasteiger partial charge in [-0.25, -0.2) is 0 Å². The van der Waals surface area contributed by atoms with Gasteiger partial charge in [-0.2, -0.15) is 11.3 Å². The Morgan fingerprint density at radius 3 is 3.22 bits per heavy atom. The van der Waals surface area contributed by atoms with Crippen LogP contribution in [-0.2, 0) is 11.2 Å². The summed E-state index contributed by atoms with van der Waals surface area (Å²) in [6.45, 7) is 2.99. The Hall–Kier alpha value is -0.870. The summed E-state index contributed by atoms with van der Waals surface area (Å²) in [6, 6.07) is 2.12. The van der Waals surface area contributed by atoms with Gasteiger partial charge in [0.2, 0.25) is 5.91 Å². The molecule has 0 radical (unpaired) electrons. The molecule has 18 heavy (non-hydrogen) atoms. The van der Waals surface area contributed by atoms with Crippen LogP contribution in [-0.4, -0.2) is 25.5 Å². The van der Waals surface area contributed by atoms with Gasteiger partial charge in [0, 0.05) is 13.0 Å². The van der Waals surface area contributed by atoms with Crippen LogP contribution >= 0.6 is 11.3 Å². The zero-order valence-corrected chi connectivity index (χ0v) is 11.6. The minimum absolute atomic E-state index is 0.204. The summed E-state index contributed by atoms with van der Waals surface area (Å²) in [6.07, 6.45) is 5.17. The van der Waals surface area contributed by atoms with E-state index in [2.05, 4.69) is 27.5 Å². The summed E-state index contributed by atoms with van der Waals surface area (Å²) < 4.78 is 0. The van der Waals surface area contributed by atoms with Crippen molar-refractivity contribution >= 4 is 17.2 Å².